The molecule has 0 spiro atoms. The first-order valence-corrected chi connectivity index (χ1v) is 26.6. The van der Waals surface area contributed by atoms with E-state index in [1.165, 1.54) is 0 Å². The highest BCUT2D eigenvalue weighted by atomic mass is 19.4. The average Bonchev–Trinajstić information content (AvgIpc) is 1.47. The lowest BCUT2D eigenvalue weighted by Gasteiger charge is -2.27. The molecule has 0 saturated heterocycles. The molecule has 94 heavy (non-hydrogen) atoms. The third kappa shape index (κ3) is 9.68. The number of halogens is 24. The van der Waals surface area contributed by atoms with E-state index >= 15 is 105 Å². The number of aromatic nitrogens is 4. The Balaban J connectivity index is 1.46. The van der Waals surface area contributed by atoms with E-state index in [1.54, 1.807) is 12.1 Å². The smallest absolute Gasteiger partial charge is 0.306 e. The molecule has 0 atom stereocenters. The zero-order valence-corrected chi connectivity index (χ0v) is 45.6. The molecule has 0 aliphatic carbocycles. The van der Waals surface area contributed by atoms with E-state index in [9.17, 15) is 10.5 Å². The summed E-state index contributed by atoms with van der Waals surface area (Å²) >= 11 is 0. The molecular formula is C64H24F24N6. The molecule has 13 rings (SSSR count). The second kappa shape index (κ2) is 20.0. The quantitative estimate of drug-likeness (QED) is 0.165. The van der Waals surface area contributed by atoms with Gasteiger partial charge in [0.25, 0.3) is 0 Å². The van der Waals surface area contributed by atoms with Crippen molar-refractivity contribution in [3.8, 4) is 34.9 Å². The van der Waals surface area contributed by atoms with Gasteiger partial charge in [-0.1, -0.05) is 48.5 Å². The molecule has 6 nitrogen and oxygen atoms in total. The molecule has 0 aliphatic rings. The highest BCUT2D eigenvalue weighted by Gasteiger charge is 2.43. The largest absolute Gasteiger partial charge is 0.416 e. The van der Waals surface area contributed by atoms with Crippen molar-refractivity contribution in [1.29, 1.82) is 10.5 Å². The Kier molecular flexibility index (Phi) is 13.3. The summed E-state index contributed by atoms with van der Waals surface area (Å²) in [5, 5.41) is 19.7. The zero-order chi connectivity index (χ0) is 68.0. The number of alkyl halides is 24. The molecule has 0 unspecified atom stereocenters. The minimum Gasteiger partial charge on any atom is -0.306 e. The Bertz CT molecular complexity index is 5050. The predicted molar refractivity (Wildman–Crippen MR) is 293 cm³/mol. The lowest BCUT2D eigenvalue weighted by atomic mass is 9.98. The van der Waals surface area contributed by atoms with Gasteiger partial charge in [0.15, 0.2) is 0 Å². The highest BCUT2D eigenvalue weighted by molar-refractivity contribution is 6.16. The molecular weight excluding hydrogens is 1310 g/mol. The fraction of sp³-hybridized carbons (Fsp3) is 0.125. The van der Waals surface area contributed by atoms with Crippen LogP contribution in [0.3, 0.4) is 0 Å². The zero-order valence-electron chi connectivity index (χ0n) is 45.6. The van der Waals surface area contributed by atoms with Crippen LogP contribution in [-0.2, 0) is 49.4 Å². The second-order valence-corrected chi connectivity index (χ2v) is 21.5. The standard InChI is InChI=1S/C64H24F24N6/c65-57(66,67)27-1-9-35-36-10-2-28(58(68,69)70)18-46(36)91(45(35)17-27)53-43(25-89)54(92-47-19-29(59(71,72)73)3-11-37(47)38-12-4-30(20-48(38)92)60(74,75)76)56(94-51-23-33(63(83,84)85)7-15-41(51)42-16-8-34(24-52(42)94)64(86,87)88)55(44(53)26-90)93-49-21-31(61(77,78)79)5-13-39(49)40-14-6-32(22-50(40)93)62(80,81)82/h1-24H. The van der Waals surface area contributed by atoms with Crippen molar-refractivity contribution < 1.29 is 105 Å². The Labute approximate surface area is 505 Å². The van der Waals surface area contributed by atoms with Crippen molar-refractivity contribution in [2.24, 2.45) is 0 Å². The summed E-state index contributed by atoms with van der Waals surface area (Å²) in [4.78, 5) is 0. The van der Waals surface area contributed by atoms with Gasteiger partial charge >= 0.3 is 49.4 Å². The Morgan fingerprint density at radius 1 is 0.202 bits per heavy atom. The molecule has 0 bridgehead atoms. The number of benzene rings is 9. The van der Waals surface area contributed by atoms with Crippen molar-refractivity contribution in [2.45, 2.75) is 49.4 Å². The molecule has 0 aliphatic heterocycles. The molecule has 13 aromatic rings. The Morgan fingerprint density at radius 3 is 0.479 bits per heavy atom. The molecule has 0 N–H and O–H groups in total. The molecule has 30 heteroatoms. The van der Waals surface area contributed by atoms with Gasteiger partial charge in [0.05, 0.1) is 111 Å². The van der Waals surface area contributed by atoms with Gasteiger partial charge in [-0.3, -0.25) is 0 Å². The van der Waals surface area contributed by atoms with Crippen molar-refractivity contribution in [1.82, 2.24) is 18.3 Å². The minimum absolute atomic E-state index is 0.192. The number of fused-ring (bicyclic) bond motifs is 12. The van der Waals surface area contributed by atoms with Crippen LogP contribution < -0.4 is 0 Å². The Hall–Kier alpha value is -10.5. The summed E-state index contributed by atoms with van der Waals surface area (Å²) < 4.78 is 367. The van der Waals surface area contributed by atoms with E-state index < -0.39 is 215 Å². The molecule has 0 amide bonds. The van der Waals surface area contributed by atoms with Crippen LogP contribution in [0, 0.1) is 22.7 Å². The van der Waals surface area contributed by atoms with E-state index in [1.807, 2.05) is 0 Å². The molecule has 0 saturated carbocycles. The molecule has 0 radical (unpaired) electrons. The number of hydrogen-bond acceptors (Lipinski definition) is 2. The van der Waals surface area contributed by atoms with Crippen LogP contribution in [0.25, 0.3) is 110 Å². The fourth-order valence-electron chi connectivity index (χ4n) is 12.2. The van der Waals surface area contributed by atoms with E-state index in [0.717, 1.165) is 0 Å². The van der Waals surface area contributed by atoms with Crippen LogP contribution in [0.4, 0.5) is 105 Å². The third-order valence-electron chi connectivity index (χ3n) is 16.2. The predicted octanol–water partition coefficient (Wildman–Crippen LogP) is 22.0. The summed E-state index contributed by atoms with van der Waals surface area (Å²) in [5.41, 5.74) is -31.0. The third-order valence-corrected chi connectivity index (χ3v) is 16.2. The summed E-state index contributed by atoms with van der Waals surface area (Å²) in [6.07, 6.45) is -43.9. The number of hydrogen-bond donors (Lipinski definition) is 0. The van der Waals surface area contributed by atoms with E-state index in [0.29, 0.717) is 115 Å². The number of nitriles is 2. The minimum atomic E-state index is -5.51. The summed E-state index contributed by atoms with van der Waals surface area (Å²) in [7, 11) is 0. The highest BCUT2D eigenvalue weighted by Crippen LogP contribution is 2.53. The summed E-state index contributed by atoms with van der Waals surface area (Å²) in [6, 6.07) is 12.9. The number of nitrogens with zero attached hydrogens (tertiary/aromatic N) is 6. The van der Waals surface area contributed by atoms with Crippen LogP contribution in [0.1, 0.15) is 55.6 Å². The van der Waals surface area contributed by atoms with E-state index in [-0.39, 0.29) is 48.5 Å². The van der Waals surface area contributed by atoms with E-state index in [4.69, 9.17) is 0 Å². The SMILES string of the molecule is N#Cc1c(-n2c3cc(C(F)(F)F)ccc3c3ccc(C(F)(F)F)cc32)c(C#N)c(-n2c3cc(C(F)(F)F)ccc3c3ccc(C(F)(F)F)cc32)c(-n2c3cc(C(F)(F)F)ccc3c3ccc(C(F)(F)F)cc32)c1-n1c2cc(C(F)(F)F)ccc2c2ccc(C(F)(F)F)cc21. The molecule has 478 valence electrons. The lowest BCUT2D eigenvalue weighted by Crippen LogP contribution is -2.18. The molecule has 9 aromatic carbocycles. The van der Waals surface area contributed by atoms with Gasteiger partial charge in [-0.15, -0.1) is 0 Å². The van der Waals surface area contributed by atoms with Gasteiger partial charge in [0.1, 0.15) is 23.3 Å². The fourth-order valence-corrected chi connectivity index (χ4v) is 12.2. The van der Waals surface area contributed by atoms with Crippen LogP contribution in [0.2, 0.25) is 0 Å². The topological polar surface area (TPSA) is 67.3 Å². The van der Waals surface area contributed by atoms with Gasteiger partial charge < -0.3 is 18.3 Å². The van der Waals surface area contributed by atoms with Crippen LogP contribution in [0.15, 0.2) is 146 Å². The summed E-state index contributed by atoms with van der Waals surface area (Å²) in [6.45, 7) is 0. The van der Waals surface area contributed by atoms with Crippen molar-refractivity contribution in [2.75, 3.05) is 0 Å². The van der Waals surface area contributed by atoms with Crippen LogP contribution >= 0.6 is 0 Å². The van der Waals surface area contributed by atoms with Crippen LogP contribution in [0.5, 0.6) is 0 Å². The van der Waals surface area contributed by atoms with Gasteiger partial charge in [0.2, 0.25) is 0 Å². The van der Waals surface area contributed by atoms with Crippen molar-refractivity contribution in [3.63, 3.8) is 0 Å². The van der Waals surface area contributed by atoms with Gasteiger partial charge in [-0.2, -0.15) is 116 Å². The first-order chi connectivity index (χ1) is 43.6. The van der Waals surface area contributed by atoms with E-state index in [2.05, 4.69) is 0 Å². The maximum absolute atomic E-state index is 15.3. The maximum atomic E-state index is 15.3. The first-order valence-electron chi connectivity index (χ1n) is 26.6. The number of rotatable bonds is 4. The van der Waals surface area contributed by atoms with Crippen molar-refractivity contribution in [3.05, 3.63) is 201 Å². The average molecular weight is 1330 g/mol. The molecule has 4 heterocycles. The monoisotopic (exact) mass is 1330 g/mol. The van der Waals surface area contributed by atoms with Crippen molar-refractivity contribution >= 4 is 87.2 Å². The first kappa shape index (κ1) is 62.3. The van der Waals surface area contributed by atoms with Gasteiger partial charge in [0, 0.05) is 43.1 Å². The maximum Gasteiger partial charge on any atom is 0.416 e. The second-order valence-electron chi connectivity index (χ2n) is 21.5. The lowest BCUT2D eigenvalue weighted by molar-refractivity contribution is -0.138. The normalized spacial score (nSPS) is 13.5. The van der Waals surface area contributed by atoms with Crippen LogP contribution in [-0.4, -0.2) is 18.3 Å². The summed E-state index contributed by atoms with van der Waals surface area (Å²) in [5.74, 6) is 0. The molecule has 4 aromatic heterocycles. The van der Waals surface area contributed by atoms with Gasteiger partial charge in [-0.05, 0) is 97.1 Å². The Morgan fingerprint density at radius 2 is 0.340 bits per heavy atom. The van der Waals surface area contributed by atoms with Gasteiger partial charge in [-0.25, -0.2) is 0 Å². The molecule has 0 fully saturated rings.